The molecule has 0 bridgehead atoms. The van der Waals surface area contributed by atoms with Crippen molar-refractivity contribution >= 4 is 11.8 Å². The fourth-order valence-corrected chi connectivity index (χ4v) is 2.24. The molecule has 1 N–H and O–H groups in total. The lowest BCUT2D eigenvalue weighted by Crippen LogP contribution is -2.12. The highest BCUT2D eigenvalue weighted by molar-refractivity contribution is 5.79. The van der Waals surface area contributed by atoms with Gasteiger partial charge in [0.15, 0.2) is 0 Å². The largest absolute Gasteiger partial charge is 0.355 e. The van der Waals surface area contributed by atoms with Crippen LogP contribution in [0, 0.1) is 5.92 Å². The van der Waals surface area contributed by atoms with Gasteiger partial charge in [0.05, 0.1) is 0 Å². The molecule has 1 saturated carbocycles. The molecule has 3 rings (SSSR count). The Morgan fingerprint density at radius 2 is 1.88 bits per heavy atom. The predicted molar refractivity (Wildman–Crippen MR) is 69.1 cm³/mol. The van der Waals surface area contributed by atoms with E-state index in [9.17, 15) is 0 Å². The van der Waals surface area contributed by atoms with Crippen LogP contribution in [0.2, 0.25) is 0 Å². The number of rotatable bonds is 1. The van der Waals surface area contributed by atoms with Gasteiger partial charge in [0.2, 0.25) is 0 Å². The lowest BCUT2D eigenvalue weighted by Gasteiger charge is -2.24. The summed E-state index contributed by atoms with van der Waals surface area (Å²) >= 11 is 0. The lowest BCUT2D eigenvalue weighted by molar-refractivity contribution is 0.782. The molecule has 16 heavy (non-hydrogen) atoms. The fraction of sp³-hybridized carbons (Fsp3) is 0.333. The Labute approximate surface area is 96.9 Å². The van der Waals surface area contributed by atoms with E-state index in [2.05, 4.69) is 49.5 Å². The van der Waals surface area contributed by atoms with E-state index >= 15 is 0 Å². The summed E-state index contributed by atoms with van der Waals surface area (Å²) in [5, 5.41) is 3.60. The third-order valence-electron chi connectivity index (χ3n) is 3.30. The zero-order chi connectivity index (χ0) is 11.1. The highest BCUT2D eigenvalue weighted by atomic mass is 14.9. The third kappa shape index (κ3) is 1.57. The first kappa shape index (κ1) is 9.71. The fourth-order valence-electron chi connectivity index (χ4n) is 2.24. The van der Waals surface area contributed by atoms with E-state index in [0.29, 0.717) is 5.92 Å². The topological polar surface area (TPSA) is 12.0 Å². The number of hydrogen-bond donors (Lipinski definition) is 1. The standard InChI is InChI=1S/C15H17N/c1-10(2)13-9-12-5-3-4-6-14(12)16-15(13)11-7-8-11/h3-6,9-10,16H,7-8H2,1-2H3. The molecule has 0 aromatic heterocycles. The van der Waals surface area contributed by atoms with Gasteiger partial charge in [0.25, 0.3) is 0 Å². The summed E-state index contributed by atoms with van der Waals surface area (Å²) in [4.78, 5) is 0. The SMILES string of the molecule is CC(C)C1=Cc2ccccc2NC1=C1CC1. The second-order valence-electron chi connectivity index (χ2n) is 4.95. The van der Waals surface area contributed by atoms with E-state index in [0.717, 1.165) is 0 Å². The number of para-hydroxylation sites is 1. The molecule has 0 spiro atoms. The molecule has 0 saturated heterocycles. The number of nitrogens with one attached hydrogen (secondary N) is 1. The van der Waals surface area contributed by atoms with Crippen LogP contribution < -0.4 is 5.32 Å². The van der Waals surface area contributed by atoms with Gasteiger partial charge in [-0.3, -0.25) is 0 Å². The van der Waals surface area contributed by atoms with Crippen molar-refractivity contribution in [1.82, 2.24) is 0 Å². The average molecular weight is 211 g/mol. The Balaban J connectivity index is 2.13. The summed E-state index contributed by atoms with van der Waals surface area (Å²) in [6.07, 6.45) is 4.89. The molecule has 82 valence electrons. The molecule has 1 heterocycles. The molecule has 1 aliphatic heterocycles. The van der Waals surface area contributed by atoms with Gasteiger partial charge in [-0.05, 0) is 47.6 Å². The first-order valence-electron chi connectivity index (χ1n) is 6.06. The Morgan fingerprint density at radius 3 is 2.56 bits per heavy atom. The quantitative estimate of drug-likeness (QED) is 0.734. The lowest BCUT2D eigenvalue weighted by atomic mass is 9.93. The average Bonchev–Trinajstić information content (AvgIpc) is 3.11. The molecular weight excluding hydrogens is 194 g/mol. The van der Waals surface area contributed by atoms with Crippen LogP contribution >= 0.6 is 0 Å². The van der Waals surface area contributed by atoms with Crippen LogP contribution in [0.4, 0.5) is 5.69 Å². The zero-order valence-corrected chi connectivity index (χ0v) is 9.88. The zero-order valence-electron chi connectivity index (χ0n) is 9.88. The predicted octanol–water partition coefficient (Wildman–Crippen LogP) is 4.20. The minimum absolute atomic E-state index is 0.587. The van der Waals surface area contributed by atoms with Gasteiger partial charge in [0.1, 0.15) is 0 Å². The van der Waals surface area contributed by atoms with Crippen molar-refractivity contribution in [2.24, 2.45) is 5.92 Å². The van der Waals surface area contributed by atoms with Gasteiger partial charge in [-0.1, -0.05) is 32.0 Å². The first-order chi connectivity index (χ1) is 7.75. The Hall–Kier alpha value is -1.50. The minimum Gasteiger partial charge on any atom is -0.355 e. The maximum Gasteiger partial charge on any atom is 0.0458 e. The third-order valence-corrected chi connectivity index (χ3v) is 3.30. The minimum atomic E-state index is 0.587. The molecule has 1 aliphatic carbocycles. The highest BCUT2D eigenvalue weighted by Gasteiger charge is 2.25. The highest BCUT2D eigenvalue weighted by Crippen LogP contribution is 2.41. The van der Waals surface area contributed by atoms with Gasteiger partial charge in [0, 0.05) is 11.4 Å². The monoisotopic (exact) mass is 211 g/mol. The van der Waals surface area contributed by atoms with Crippen LogP contribution in [-0.4, -0.2) is 0 Å². The molecular formula is C15H17N. The van der Waals surface area contributed by atoms with E-state index in [-0.39, 0.29) is 0 Å². The number of anilines is 1. The normalized spacial score (nSPS) is 18.1. The van der Waals surface area contributed by atoms with Crippen LogP contribution in [0.25, 0.3) is 6.08 Å². The number of benzene rings is 1. The number of fused-ring (bicyclic) bond motifs is 1. The molecule has 2 aliphatic rings. The van der Waals surface area contributed by atoms with Crippen molar-refractivity contribution in [2.45, 2.75) is 26.7 Å². The molecule has 0 radical (unpaired) electrons. The van der Waals surface area contributed by atoms with Gasteiger partial charge >= 0.3 is 0 Å². The Kier molecular flexibility index (Phi) is 2.13. The van der Waals surface area contributed by atoms with E-state index in [4.69, 9.17) is 0 Å². The Bertz CT molecular complexity index is 486. The van der Waals surface area contributed by atoms with E-state index < -0.39 is 0 Å². The molecule has 1 heteroatoms. The van der Waals surface area contributed by atoms with Gasteiger partial charge in [-0.25, -0.2) is 0 Å². The molecule has 1 aromatic carbocycles. The van der Waals surface area contributed by atoms with Crippen LogP contribution in [0.5, 0.6) is 0 Å². The first-order valence-corrected chi connectivity index (χ1v) is 6.06. The molecule has 0 amide bonds. The second kappa shape index (κ2) is 3.51. The molecule has 1 fully saturated rings. The summed E-state index contributed by atoms with van der Waals surface area (Å²) in [5.41, 5.74) is 7.02. The second-order valence-corrected chi connectivity index (χ2v) is 4.95. The number of allylic oxidation sites excluding steroid dienone is 2. The van der Waals surface area contributed by atoms with Crippen LogP contribution in [-0.2, 0) is 0 Å². The maximum absolute atomic E-state index is 3.60. The summed E-state index contributed by atoms with van der Waals surface area (Å²) in [6, 6.07) is 8.53. The summed E-state index contributed by atoms with van der Waals surface area (Å²) < 4.78 is 0. The van der Waals surface area contributed by atoms with Crippen LogP contribution in [0.1, 0.15) is 32.3 Å². The molecule has 0 unspecified atom stereocenters. The molecule has 1 nitrogen and oxygen atoms in total. The van der Waals surface area contributed by atoms with Crippen molar-refractivity contribution < 1.29 is 0 Å². The molecule has 0 atom stereocenters. The van der Waals surface area contributed by atoms with Crippen molar-refractivity contribution in [3.05, 3.63) is 46.7 Å². The van der Waals surface area contributed by atoms with E-state index in [1.165, 1.54) is 35.4 Å². The van der Waals surface area contributed by atoms with E-state index in [1.807, 2.05) is 0 Å². The van der Waals surface area contributed by atoms with Gasteiger partial charge in [-0.2, -0.15) is 0 Å². The number of hydrogen-bond acceptors (Lipinski definition) is 1. The van der Waals surface area contributed by atoms with Crippen LogP contribution in [0.15, 0.2) is 41.1 Å². The van der Waals surface area contributed by atoms with E-state index in [1.54, 1.807) is 5.57 Å². The van der Waals surface area contributed by atoms with Crippen molar-refractivity contribution in [3.63, 3.8) is 0 Å². The van der Waals surface area contributed by atoms with Crippen LogP contribution in [0.3, 0.4) is 0 Å². The Morgan fingerprint density at radius 1 is 1.12 bits per heavy atom. The van der Waals surface area contributed by atoms with Crippen molar-refractivity contribution in [1.29, 1.82) is 0 Å². The van der Waals surface area contributed by atoms with Gasteiger partial charge < -0.3 is 5.32 Å². The summed E-state index contributed by atoms with van der Waals surface area (Å²) in [7, 11) is 0. The van der Waals surface area contributed by atoms with Crippen molar-refractivity contribution in [3.8, 4) is 0 Å². The summed E-state index contributed by atoms with van der Waals surface area (Å²) in [6.45, 7) is 4.54. The smallest absolute Gasteiger partial charge is 0.0458 e. The van der Waals surface area contributed by atoms with Crippen molar-refractivity contribution in [2.75, 3.05) is 5.32 Å². The maximum atomic E-state index is 3.60. The molecule has 1 aromatic rings. The summed E-state index contributed by atoms with van der Waals surface area (Å²) in [5.74, 6) is 0.587. The van der Waals surface area contributed by atoms with Gasteiger partial charge in [-0.15, -0.1) is 0 Å².